The van der Waals surface area contributed by atoms with Gasteiger partial charge in [0.1, 0.15) is 6.33 Å². The van der Waals surface area contributed by atoms with Crippen molar-refractivity contribution in [2.24, 2.45) is 12.1 Å². The molecule has 4 heterocycles. The Morgan fingerprint density at radius 3 is 2.97 bits per heavy atom. The molecule has 0 saturated carbocycles. The van der Waals surface area contributed by atoms with Crippen LogP contribution in [0.25, 0.3) is 5.82 Å². The van der Waals surface area contributed by atoms with Crippen LogP contribution in [0.1, 0.15) is 26.6 Å². The lowest BCUT2D eigenvalue weighted by Gasteiger charge is -2.05. The van der Waals surface area contributed by atoms with Crippen molar-refractivity contribution in [3.8, 4) is 5.82 Å². The van der Waals surface area contributed by atoms with Crippen molar-refractivity contribution in [1.29, 1.82) is 0 Å². The van der Waals surface area contributed by atoms with E-state index < -0.39 is 5.91 Å². The lowest BCUT2D eigenvalue weighted by Crippen LogP contribution is -2.20. The number of amides is 1. The Balaban J connectivity index is 1.60. The van der Waals surface area contributed by atoms with Crippen LogP contribution < -0.4 is 11.2 Å². The number of thioether (sulfide) groups is 1. The lowest BCUT2D eigenvalue weighted by molar-refractivity contribution is 0.0949. The summed E-state index contributed by atoms with van der Waals surface area (Å²) in [5, 5.41) is 29.7. The average molecular weight is 445 g/mol. The molecule has 0 atom stereocenters. The van der Waals surface area contributed by atoms with Gasteiger partial charge in [0.2, 0.25) is 11.6 Å². The summed E-state index contributed by atoms with van der Waals surface area (Å²) in [5.74, 6) is -0.103. The van der Waals surface area contributed by atoms with Crippen LogP contribution in [0, 0.1) is 6.92 Å². The van der Waals surface area contributed by atoms with E-state index in [0.29, 0.717) is 10.9 Å². The number of hydrogen-bond donors (Lipinski definition) is 2. The molecular weight excluding hydrogens is 430 g/mol. The summed E-state index contributed by atoms with van der Waals surface area (Å²) in [4.78, 5) is 13.6. The zero-order valence-corrected chi connectivity index (χ0v) is 17.4. The summed E-state index contributed by atoms with van der Waals surface area (Å²) >= 11 is 2.86. The molecule has 0 saturated heterocycles. The van der Waals surface area contributed by atoms with Crippen molar-refractivity contribution in [2.45, 2.75) is 17.8 Å². The topological polar surface area (TPSA) is 168 Å². The second kappa shape index (κ2) is 8.42. The van der Waals surface area contributed by atoms with Crippen molar-refractivity contribution < 1.29 is 9.42 Å². The minimum atomic E-state index is -0.532. The number of carbonyl (C=O) groups excluding carboxylic acids is 1. The van der Waals surface area contributed by atoms with Crippen LogP contribution in [0.4, 0.5) is 5.82 Å². The van der Waals surface area contributed by atoms with E-state index in [1.165, 1.54) is 27.8 Å². The lowest BCUT2D eigenvalue weighted by atomic mass is 10.3. The van der Waals surface area contributed by atoms with Crippen molar-refractivity contribution in [1.82, 2.24) is 45.5 Å². The molecule has 154 valence electrons. The zero-order chi connectivity index (χ0) is 21.1. The molecule has 3 N–H and O–H groups in total. The fourth-order valence-electron chi connectivity index (χ4n) is 2.37. The minimum absolute atomic E-state index is 0.0166. The molecule has 0 radical (unpaired) electrons. The maximum atomic E-state index is 12.7. The third kappa shape index (κ3) is 3.92. The second-order valence-electron chi connectivity index (χ2n) is 5.95. The zero-order valence-electron chi connectivity index (χ0n) is 15.8. The molecule has 0 aromatic carbocycles. The summed E-state index contributed by atoms with van der Waals surface area (Å²) in [6, 6.07) is 1.97. The number of nitrogens with zero attached hydrogens (tertiary/aromatic N) is 9. The van der Waals surface area contributed by atoms with Gasteiger partial charge >= 0.3 is 0 Å². The van der Waals surface area contributed by atoms with E-state index in [4.69, 9.17) is 5.73 Å². The van der Waals surface area contributed by atoms with Gasteiger partial charge in [0.05, 0.1) is 11.9 Å². The van der Waals surface area contributed by atoms with E-state index in [1.54, 1.807) is 17.1 Å². The molecule has 4 rings (SSSR count). The van der Waals surface area contributed by atoms with Gasteiger partial charge in [-0.15, -0.1) is 26.6 Å². The summed E-state index contributed by atoms with van der Waals surface area (Å²) in [7, 11) is 1.81. The monoisotopic (exact) mass is 445 g/mol. The molecule has 1 amide bonds. The van der Waals surface area contributed by atoms with Gasteiger partial charge in [-0.2, -0.15) is 9.78 Å². The van der Waals surface area contributed by atoms with E-state index in [9.17, 15) is 4.79 Å². The van der Waals surface area contributed by atoms with E-state index in [-0.39, 0.29) is 23.1 Å². The van der Waals surface area contributed by atoms with Gasteiger partial charge in [0.15, 0.2) is 10.9 Å². The third-order valence-corrected chi connectivity index (χ3v) is 5.93. The van der Waals surface area contributed by atoms with Crippen molar-refractivity contribution in [3.63, 3.8) is 0 Å². The highest BCUT2D eigenvalue weighted by molar-refractivity contribution is 7.98. The SMILES string of the molecule is Cc1ccsc1C=NNC(=O)c1nnn(-c2nonc2N)c1CSc1nncn1C. The number of nitrogens with one attached hydrogen (secondary N) is 1. The number of nitrogen functional groups attached to an aromatic ring is 1. The molecular formula is C15H15N11O2S2. The van der Waals surface area contributed by atoms with E-state index in [2.05, 4.69) is 46.0 Å². The molecule has 15 heteroatoms. The van der Waals surface area contributed by atoms with Gasteiger partial charge in [0, 0.05) is 17.7 Å². The number of anilines is 1. The van der Waals surface area contributed by atoms with E-state index in [0.717, 1.165) is 10.4 Å². The molecule has 0 aliphatic carbocycles. The summed E-state index contributed by atoms with van der Waals surface area (Å²) < 4.78 is 7.69. The Morgan fingerprint density at radius 2 is 2.30 bits per heavy atom. The fourth-order valence-corrected chi connectivity index (χ4v) is 4.04. The van der Waals surface area contributed by atoms with Crippen LogP contribution in [0.2, 0.25) is 0 Å². The minimum Gasteiger partial charge on any atom is -0.378 e. The quantitative estimate of drug-likeness (QED) is 0.236. The fraction of sp³-hybridized carbons (Fsp3) is 0.200. The number of hydrazone groups is 1. The Morgan fingerprint density at radius 1 is 1.43 bits per heavy atom. The Labute approximate surface area is 177 Å². The predicted octanol–water partition coefficient (Wildman–Crippen LogP) is 0.787. The van der Waals surface area contributed by atoms with Crippen molar-refractivity contribution >= 4 is 41.0 Å². The Bertz CT molecular complexity index is 1200. The van der Waals surface area contributed by atoms with Gasteiger partial charge in [-0.25, -0.2) is 10.1 Å². The number of aryl methyl sites for hydroxylation is 2. The Kier molecular flexibility index (Phi) is 5.53. The molecule has 0 aliphatic heterocycles. The summed E-state index contributed by atoms with van der Waals surface area (Å²) in [5.41, 5.74) is 9.80. The van der Waals surface area contributed by atoms with Gasteiger partial charge in [-0.1, -0.05) is 17.0 Å². The molecule has 0 aliphatic rings. The van der Waals surface area contributed by atoms with Gasteiger partial charge in [0.25, 0.3) is 5.91 Å². The molecule has 0 bridgehead atoms. The molecule has 4 aromatic rings. The molecule has 4 aromatic heterocycles. The molecule has 13 nitrogen and oxygen atoms in total. The second-order valence-corrected chi connectivity index (χ2v) is 7.84. The number of thiophene rings is 1. The molecule has 0 fully saturated rings. The van der Waals surface area contributed by atoms with Crippen molar-refractivity contribution in [3.05, 3.63) is 39.6 Å². The number of hydrogen-bond acceptors (Lipinski definition) is 12. The number of rotatable bonds is 7. The molecule has 0 unspecified atom stereocenters. The first-order valence-corrected chi connectivity index (χ1v) is 10.3. The van der Waals surface area contributed by atoms with E-state index >= 15 is 0 Å². The van der Waals surface area contributed by atoms with Crippen LogP contribution in [0.3, 0.4) is 0 Å². The van der Waals surface area contributed by atoms with E-state index in [1.807, 2.05) is 25.4 Å². The van der Waals surface area contributed by atoms with Crippen LogP contribution in [0.5, 0.6) is 0 Å². The van der Waals surface area contributed by atoms with Crippen LogP contribution in [-0.4, -0.2) is 52.2 Å². The van der Waals surface area contributed by atoms with Crippen molar-refractivity contribution in [2.75, 3.05) is 5.73 Å². The van der Waals surface area contributed by atoms with Crippen LogP contribution in [0.15, 0.2) is 32.7 Å². The number of carbonyl (C=O) groups is 1. The number of aromatic nitrogens is 8. The Hall–Kier alpha value is -3.59. The molecule has 0 spiro atoms. The largest absolute Gasteiger partial charge is 0.378 e. The first-order valence-electron chi connectivity index (χ1n) is 8.42. The highest BCUT2D eigenvalue weighted by atomic mass is 32.2. The number of nitrogens with two attached hydrogens (primary N) is 1. The van der Waals surface area contributed by atoms with Crippen LogP contribution >= 0.6 is 23.1 Å². The highest BCUT2D eigenvalue weighted by Crippen LogP contribution is 2.24. The summed E-state index contributed by atoms with van der Waals surface area (Å²) in [6.45, 7) is 1.96. The van der Waals surface area contributed by atoms with Gasteiger partial charge in [-0.3, -0.25) is 4.79 Å². The first kappa shape index (κ1) is 19.7. The molecule has 30 heavy (non-hydrogen) atoms. The first-order chi connectivity index (χ1) is 14.5. The predicted molar refractivity (Wildman–Crippen MR) is 108 cm³/mol. The van der Waals surface area contributed by atoms with Gasteiger partial charge in [-0.05, 0) is 34.2 Å². The normalized spacial score (nSPS) is 11.4. The third-order valence-electron chi connectivity index (χ3n) is 3.93. The highest BCUT2D eigenvalue weighted by Gasteiger charge is 2.24. The maximum Gasteiger partial charge on any atom is 0.293 e. The standard InChI is InChI=1S/C15H15N11O2S2/c1-8-3-4-29-10(8)5-17-20-14(27)11-9(6-30-15-21-18-7-25(15)2)26(24-19-11)13-12(16)22-28-23-13/h3-5,7H,6H2,1-2H3,(H2,16,22)(H,20,27). The average Bonchev–Trinajstić information content (AvgIpc) is 3.49. The summed E-state index contributed by atoms with van der Waals surface area (Å²) in [6.07, 6.45) is 3.15. The van der Waals surface area contributed by atoms with Gasteiger partial charge < -0.3 is 10.3 Å². The van der Waals surface area contributed by atoms with Crippen LogP contribution in [-0.2, 0) is 12.8 Å². The maximum absolute atomic E-state index is 12.7. The smallest absolute Gasteiger partial charge is 0.293 e.